The third kappa shape index (κ3) is 3.58. The molecule has 1 aliphatic rings. The average molecular weight is 361 g/mol. The minimum atomic E-state index is -0.118. The number of aromatic nitrogens is 2. The first-order valence-corrected chi connectivity index (χ1v) is 9.25. The highest BCUT2D eigenvalue weighted by molar-refractivity contribution is 5.94. The lowest BCUT2D eigenvalue weighted by atomic mass is 10.0. The van der Waals surface area contributed by atoms with Crippen LogP contribution in [0.1, 0.15) is 41.1 Å². The summed E-state index contributed by atoms with van der Waals surface area (Å²) in [6.45, 7) is 3.04. The molecule has 0 bridgehead atoms. The number of nitrogens with zero attached hydrogens (tertiary/aromatic N) is 2. The summed E-state index contributed by atoms with van der Waals surface area (Å²) in [4.78, 5) is 17.3. The Kier molecular flexibility index (Phi) is 4.67. The van der Waals surface area contributed by atoms with Crippen LogP contribution in [0.25, 0.3) is 11.3 Å². The molecular formula is C22H23N3O2. The van der Waals surface area contributed by atoms with Crippen molar-refractivity contribution in [2.45, 2.75) is 32.4 Å². The molecule has 0 spiro atoms. The molecule has 27 heavy (non-hydrogen) atoms. The maximum Gasteiger partial charge on any atom is 0.251 e. The number of aryl methyl sites for hydroxylation is 2. The molecule has 5 heteroatoms. The van der Waals surface area contributed by atoms with Crippen molar-refractivity contribution in [1.29, 1.82) is 0 Å². The van der Waals surface area contributed by atoms with Crippen molar-refractivity contribution in [2.24, 2.45) is 0 Å². The van der Waals surface area contributed by atoms with Crippen molar-refractivity contribution >= 4 is 5.91 Å². The summed E-state index contributed by atoms with van der Waals surface area (Å²) in [6.07, 6.45) is 4.35. The number of benzene rings is 2. The number of carbonyl (C=O) groups is 1. The summed E-state index contributed by atoms with van der Waals surface area (Å²) in [5, 5.41) is 3.06. The summed E-state index contributed by atoms with van der Waals surface area (Å²) in [5.74, 6) is 1.72. The number of imidazole rings is 1. The molecule has 0 saturated carbocycles. The zero-order chi connectivity index (χ0) is 18.8. The van der Waals surface area contributed by atoms with Crippen LogP contribution >= 0.6 is 0 Å². The van der Waals surface area contributed by atoms with Crippen LogP contribution in [0.15, 0.2) is 54.7 Å². The molecule has 0 aliphatic carbocycles. The molecule has 1 aliphatic heterocycles. The van der Waals surface area contributed by atoms with Gasteiger partial charge in [-0.15, -0.1) is 0 Å². The van der Waals surface area contributed by atoms with E-state index in [0.717, 1.165) is 35.6 Å². The predicted octanol–water partition coefficient (Wildman–Crippen LogP) is 4.00. The Bertz CT molecular complexity index is 956. The fourth-order valence-corrected chi connectivity index (χ4v) is 3.49. The van der Waals surface area contributed by atoms with Gasteiger partial charge in [-0.05, 0) is 43.2 Å². The molecular weight excluding hydrogens is 338 g/mol. The molecule has 4 rings (SSSR count). The van der Waals surface area contributed by atoms with Gasteiger partial charge in [0.2, 0.25) is 0 Å². The molecule has 5 nitrogen and oxygen atoms in total. The van der Waals surface area contributed by atoms with Gasteiger partial charge in [0, 0.05) is 30.3 Å². The van der Waals surface area contributed by atoms with E-state index in [4.69, 9.17) is 9.72 Å². The van der Waals surface area contributed by atoms with Crippen LogP contribution < -0.4 is 10.1 Å². The van der Waals surface area contributed by atoms with E-state index in [1.54, 1.807) is 19.2 Å². The van der Waals surface area contributed by atoms with E-state index in [1.165, 1.54) is 6.42 Å². The van der Waals surface area contributed by atoms with Crippen LogP contribution in [-0.2, 0) is 13.0 Å². The first kappa shape index (κ1) is 17.3. The molecule has 0 saturated heterocycles. The summed E-state index contributed by atoms with van der Waals surface area (Å²) >= 11 is 0. The first-order valence-electron chi connectivity index (χ1n) is 9.25. The Balaban J connectivity index is 1.51. The molecule has 0 fully saturated rings. The SMILES string of the molecule is COc1cccc(C(=O)NC(C)c2cccc(-c3cn4c(n3)CCC4)c2)c1. The lowest BCUT2D eigenvalue weighted by Gasteiger charge is -2.15. The quantitative estimate of drug-likeness (QED) is 0.747. The minimum Gasteiger partial charge on any atom is -0.497 e. The number of nitrogens with one attached hydrogen (secondary N) is 1. The van der Waals surface area contributed by atoms with E-state index in [2.05, 4.69) is 28.2 Å². The van der Waals surface area contributed by atoms with Crippen LogP contribution in [0.3, 0.4) is 0 Å². The lowest BCUT2D eigenvalue weighted by Crippen LogP contribution is -2.26. The second-order valence-corrected chi connectivity index (χ2v) is 6.89. The molecule has 0 radical (unpaired) electrons. The van der Waals surface area contributed by atoms with Crippen molar-refractivity contribution in [3.63, 3.8) is 0 Å². The average Bonchev–Trinajstić information content (AvgIpc) is 3.30. The highest BCUT2D eigenvalue weighted by Crippen LogP contribution is 2.25. The minimum absolute atomic E-state index is 0.113. The van der Waals surface area contributed by atoms with Gasteiger partial charge in [-0.1, -0.05) is 24.3 Å². The van der Waals surface area contributed by atoms with Crippen molar-refractivity contribution in [3.8, 4) is 17.0 Å². The van der Waals surface area contributed by atoms with Crippen molar-refractivity contribution in [3.05, 3.63) is 71.7 Å². The molecule has 1 aromatic heterocycles. The van der Waals surface area contributed by atoms with E-state index in [9.17, 15) is 4.79 Å². The molecule has 1 atom stereocenters. The van der Waals surface area contributed by atoms with Crippen LogP contribution in [0, 0.1) is 0 Å². The van der Waals surface area contributed by atoms with Crippen molar-refractivity contribution in [2.75, 3.05) is 7.11 Å². The van der Waals surface area contributed by atoms with Gasteiger partial charge in [-0.25, -0.2) is 4.98 Å². The number of amides is 1. The normalized spacial score (nSPS) is 13.9. The van der Waals surface area contributed by atoms with E-state index < -0.39 is 0 Å². The highest BCUT2D eigenvalue weighted by atomic mass is 16.5. The van der Waals surface area contributed by atoms with Gasteiger partial charge < -0.3 is 14.6 Å². The first-order chi connectivity index (χ1) is 13.1. The number of fused-ring (bicyclic) bond motifs is 1. The summed E-state index contributed by atoms with van der Waals surface area (Å²) in [5.41, 5.74) is 3.72. The third-order valence-electron chi connectivity index (χ3n) is 5.02. The molecule has 1 amide bonds. The Morgan fingerprint density at radius 1 is 1.22 bits per heavy atom. The van der Waals surface area contributed by atoms with Crippen LogP contribution in [-0.4, -0.2) is 22.6 Å². The molecule has 2 aromatic carbocycles. The number of hydrogen-bond acceptors (Lipinski definition) is 3. The Morgan fingerprint density at radius 2 is 2.07 bits per heavy atom. The maximum atomic E-state index is 12.6. The van der Waals surface area contributed by atoms with Crippen molar-refractivity contribution in [1.82, 2.24) is 14.9 Å². The van der Waals surface area contributed by atoms with Gasteiger partial charge in [0.15, 0.2) is 0 Å². The van der Waals surface area contributed by atoms with Crippen LogP contribution in [0.2, 0.25) is 0 Å². The predicted molar refractivity (Wildman–Crippen MR) is 105 cm³/mol. The van der Waals surface area contributed by atoms with Gasteiger partial charge in [0.1, 0.15) is 11.6 Å². The van der Waals surface area contributed by atoms with Gasteiger partial charge in [-0.3, -0.25) is 4.79 Å². The Hall–Kier alpha value is -3.08. The lowest BCUT2D eigenvalue weighted by molar-refractivity contribution is 0.0939. The van der Waals surface area contributed by atoms with E-state index in [-0.39, 0.29) is 11.9 Å². The molecule has 1 unspecified atom stereocenters. The summed E-state index contributed by atoms with van der Waals surface area (Å²) in [7, 11) is 1.59. The zero-order valence-corrected chi connectivity index (χ0v) is 15.6. The zero-order valence-electron chi connectivity index (χ0n) is 15.6. The number of methoxy groups -OCH3 is 1. The fraction of sp³-hybridized carbons (Fsp3) is 0.273. The number of hydrogen-bond donors (Lipinski definition) is 1. The van der Waals surface area contributed by atoms with E-state index in [0.29, 0.717) is 11.3 Å². The highest BCUT2D eigenvalue weighted by Gasteiger charge is 2.16. The standard InChI is InChI=1S/C22H23N3O2/c1-15(23-22(26)18-8-4-9-19(13-18)27-2)16-6-3-7-17(12-16)20-14-25-11-5-10-21(25)24-20/h3-4,6-9,12-15H,5,10-11H2,1-2H3,(H,23,26). The monoisotopic (exact) mass is 361 g/mol. The van der Waals surface area contributed by atoms with Crippen LogP contribution in [0.5, 0.6) is 5.75 Å². The Labute approximate surface area is 159 Å². The van der Waals surface area contributed by atoms with Gasteiger partial charge in [0.25, 0.3) is 5.91 Å². The molecule has 138 valence electrons. The van der Waals surface area contributed by atoms with Gasteiger partial charge in [-0.2, -0.15) is 0 Å². The molecule has 3 aromatic rings. The van der Waals surface area contributed by atoms with Gasteiger partial charge in [0.05, 0.1) is 18.8 Å². The topological polar surface area (TPSA) is 56.1 Å². The van der Waals surface area contributed by atoms with Crippen molar-refractivity contribution < 1.29 is 9.53 Å². The smallest absolute Gasteiger partial charge is 0.251 e. The number of carbonyl (C=O) groups excluding carboxylic acids is 1. The Morgan fingerprint density at radius 3 is 2.89 bits per heavy atom. The van der Waals surface area contributed by atoms with Crippen LogP contribution in [0.4, 0.5) is 0 Å². The summed E-state index contributed by atoms with van der Waals surface area (Å²) in [6, 6.07) is 15.3. The second-order valence-electron chi connectivity index (χ2n) is 6.89. The third-order valence-corrected chi connectivity index (χ3v) is 5.02. The fourth-order valence-electron chi connectivity index (χ4n) is 3.49. The second kappa shape index (κ2) is 7.27. The number of ether oxygens (including phenoxy) is 1. The van der Waals surface area contributed by atoms with E-state index >= 15 is 0 Å². The van der Waals surface area contributed by atoms with E-state index in [1.807, 2.05) is 31.2 Å². The summed E-state index contributed by atoms with van der Waals surface area (Å²) < 4.78 is 7.43. The van der Waals surface area contributed by atoms with Gasteiger partial charge >= 0.3 is 0 Å². The largest absolute Gasteiger partial charge is 0.497 e. The molecule has 2 heterocycles. The number of rotatable bonds is 5. The molecule has 1 N–H and O–H groups in total. The maximum absolute atomic E-state index is 12.6.